The number of benzene rings is 1. The molecule has 1 heterocycles. The molecule has 5 nitrogen and oxygen atoms in total. The van der Waals surface area contributed by atoms with Crippen molar-refractivity contribution in [3.05, 3.63) is 47.0 Å². The van der Waals surface area contributed by atoms with E-state index in [4.69, 9.17) is 5.73 Å². The van der Waals surface area contributed by atoms with Gasteiger partial charge in [-0.3, -0.25) is 4.79 Å². The molecule has 0 atom stereocenters. The number of carbonyl (C=O) groups is 1. The van der Waals surface area contributed by atoms with E-state index in [2.05, 4.69) is 26.2 Å². The third-order valence-electron chi connectivity index (χ3n) is 2.47. The molecule has 94 valence electrons. The van der Waals surface area contributed by atoms with Crippen LogP contribution in [0.3, 0.4) is 0 Å². The van der Waals surface area contributed by atoms with Crippen LogP contribution in [0.1, 0.15) is 10.4 Å². The number of nitrogens with two attached hydrogens (primary N) is 1. The van der Waals surface area contributed by atoms with E-state index in [1.165, 1.54) is 0 Å². The fourth-order valence-corrected chi connectivity index (χ4v) is 1.90. The molecular formula is C12H13BrN4O. The average Bonchev–Trinajstić information content (AvgIpc) is 2.85. The largest absolute Gasteiger partial charge is 0.398 e. The van der Waals surface area contributed by atoms with Crippen molar-refractivity contribution in [3.8, 4) is 0 Å². The number of aromatic nitrogens is 2. The van der Waals surface area contributed by atoms with Gasteiger partial charge in [0.05, 0.1) is 11.9 Å². The van der Waals surface area contributed by atoms with Crippen LogP contribution in [-0.2, 0) is 6.54 Å². The van der Waals surface area contributed by atoms with Crippen LogP contribution in [0.25, 0.3) is 0 Å². The highest BCUT2D eigenvalue weighted by Crippen LogP contribution is 2.18. The van der Waals surface area contributed by atoms with Crippen molar-refractivity contribution in [3.63, 3.8) is 0 Å². The van der Waals surface area contributed by atoms with Crippen molar-refractivity contribution < 1.29 is 4.79 Å². The fraction of sp³-hybridized carbons (Fsp3) is 0.167. The Morgan fingerprint density at radius 3 is 3.06 bits per heavy atom. The highest BCUT2D eigenvalue weighted by molar-refractivity contribution is 9.10. The van der Waals surface area contributed by atoms with E-state index in [-0.39, 0.29) is 5.91 Å². The number of amides is 1. The Labute approximate surface area is 113 Å². The number of imidazole rings is 1. The normalized spacial score (nSPS) is 10.3. The average molecular weight is 309 g/mol. The number of halogens is 1. The SMILES string of the molecule is Nc1ccc(Br)cc1C(=O)NCCn1ccnc1. The monoisotopic (exact) mass is 308 g/mol. The number of nitrogen functional groups attached to an aromatic ring is 1. The first kappa shape index (κ1) is 12.6. The van der Waals surface area contributed by atoms with Gasteiger partial charge < -0.3 is 15.6 Å². The zero-order chi connectivity index (χ0) is 13.0. The Hall–Kier alpha value is -1.82. The van der Waals surface area contributed by atoms with Gasteiger partial charge in [0.1, 0.15) is 0 Å². The molecule has 0 bridgehead atoms. The first-order valence-electron chi connectivity index (χ1n) is 5.46. The lowest BCUT2D eigenvalue weighted by atomic mass is 10.1. The van der Waals surface area contributed by atoms with Crippen LogP contribution in [0.15, 0.2) is 41.4 Å². The Kier molecular flexibility index (Phi) is 3.99. The molecule has 0 radical (unpaired) electrons. The maximum absolute atomic E-state index is 11.9. The standard InChI is InChI=1S/C12H13BrN4O/c13-9-1-2-11(14)10(7-9)12(18)16-4-6-17-5-3-15-8-17/h1-3,5,7-8H,4,6,14H2,(H,16,18). The second-order valence-electron chi connectivity index (χ2n) is 3.79. The first-order chi connectivity index (χ1) is 8.66. The zero-order valence-electron chi connectivity index (χ0n) is 9.64. The quantitative estimate of drug-likeness (QED) is 0.844. The highest BCUT2D eigenvalue weighted by atomic mass is 79.9. The molecule has 2 aromatic rings. The third-order valence-corrected chi connectivity index (χ3v) is 2.97. The maximum atomic E-state index is 11.9. The van der Waals surface area contributed by atoms with E-state index in [0.29, 0.717) is 24.3 Å². The second-order valence-corrected chi connectivity index (χ2v) is 4.70. The van der Waals surface area contributed by atoms with Crippen LogP contribution in [0.5, 0.6) is 0 Å². The minimum Gasteiger partial charge on any atom is -0.398 e. The molecule has 0 fully saturated rings. The number of nitrogens with zero attached hydrogens (tertiary/aromatic N) is 2. The summed E-state index contributed by atoms with van der Waals surface area (Å²) < 4.78 is 2.72. The molecule has 3 N–H and O–H groups in total. The molecule has 0 saturated heterocycles. The summed E-state index contributed by atoms with van der Waals surface area (Å²) in [6.07, 6.45) is 5.26. The molecule has 18 heavy (non-hydrogen) atoms. The third kappa shape index (κ3) is 3.10. The van der Waals surface area contributed by atoms with Crippen LogP contribution in [0.4, 0.5) is 5.69 Å². The Balaban J connectivity index is 1.93. The van der Waals surface area contributed by atoms with Crippen LogP contribution in [-0.4, -0.2) is 22.0 Å². The van der Waals surface area contributed by atoms with Crippen molar-refractivity contribution in [2.24, 2.45) is 0 Å². The van der Waals surface area contributed by atoms with E-state index in [1.807, 2.05) is 10.8 Å². The van der Waals surface area contributed by atoms with Gasteiger partial charge in [0.15, 0.2) is 0 Å². The lowest BCUT2D eigenvalue weighted by Crippen LogP contribution is -2.27. The number of carbonyl (C=O) groups excluding carboxylic acids is 1. The van der Waals surface area contributed by atoms with Gasteiger partial charge in [0, 0.05) is 35.6 Å². The van der Waals surface area contributed by atoms with E-state index >= 15 is 0 Å². The van der Waals surface area contributed by atoms with Gasteiger partial charge in [0.2, 0.25) is 0 Å². The van der Waals surface area contributed by atoms with Crippen molar-refractivity contribution in [2.75, 3.05) is 12.3 Å². The molecule has 1 amide bonds. The minimum absolute atomic E-state index is 0.172. The van der Waals surface area contributed by atoms with Crippen LogP contribution < -0.4 is 11.1 Å². The maximum Gasteiger partial charge on any atom is 0.253 e. The van der Waals surface area contributed by atoms with Gasteiger partial charge in [-0.25, -0.2) is 4.98 Å². The molecule has 0 aliphatic carbocycles. The van der Waals surface area contributed by atoms with Gasteiger partial charge in [-0.05, 0) is 18.2 Å². The van der Waals surface area contributed by atoms with E-state index in [9.17, 15) is 4.79 Å². The van der Waals surface area contributed by atoms with Crippen LogP contribution in [0.2, 0.25) is 0 Å². The molecular weight excluding hydrogens is 296 g/mol. The first-order valence-corrected chi connectivity index (χ1v) is 6.25. The predicted molar refractivity (Wildman–Crippen MR) is 73.1 cm³/mol. The van der Waals surface area contributed by atoms with Gasteiger partial charge in [0.25, 0.3) is 5.91 Å². The lowest BCUT2D eigenvalue weighted by Gasteiger charge is -2.08. The van der Waals surface area contributed by atoms with Gasteiger partial charge in [-0.15, -0.1) is 0 Å². The Morgan fingerprint density at radius 1 is 1.50 bits per heavy atom. The van der Waals surface area contributed by atoms with Crippen molar-refractivity contribution >= 4 is 27.5 Å². The second kappa shape index (κ2) is 5.68. The lowest BCUT2D eigenvalue weighted by molar-refractivity contribution is 0.0953. The van der Waals surface area contributed by atoms with Gasteiger partial charge >= 0.3 is 0 Å². The molecule has 0 aliphatic heterocycles. The number of hydrogen-bond acceptors (Lipinski definition) is 3. The summed E-state index contributed by atoms with van der Waals surface area (Å²) in [5, 5.41) is 2.82. The summed E-state index contributed by atoms with van der Waals surface area (Å²) >= 11 is 3.32. The fourth-order valence-electron chi connectivity index (χ4n) is 1.54. The topological polar surface area (TPSA) is 72.9 Å². The van der Waals surface area contributed by atoms with Crippen molar-refractivity contribution in [1.82, 2.24) is 14.9 Å². The van der Waals surface area contributed by atoms with E-state index < -0.39 is 0 Å². The van der Waals surface area contributed by atoms with Crippen LogP contribution >= 0.6 is 15.9 Å². The van der Waals surface area contributed by atoms with Crippen LogP contribution in [0, 0.1) is 0 Å². The summed E-state index contributed by atoms with van der Waals surface area (Å²) in [7, 11) is 0. The molecule has 0 spiro atoms. The molecule has 0 saturated carbocycles. The van der Waals surface area contributed by atoms with Crippen molar-refractivity contribution in [1.29, 1.82) is 0 Å². The van der Waals surface area contributed by atoms with E-state index in [0.717, 1.165) is 4.47 Å². The smallest absolute Gasteiger partial charge is 0.253 e. The molecule has 1 aromatic heterocycles. The Bertz CT molecular complexity index is 539. The highest BCUT2D eigenvalue weighted by Gasteiger charge is 2.09. The van der Waals surface area contributed by atoms with Crippen molar-refractivity contribution in [2.45, 2.75) is 6.54 Å². The molecule has 6 heteroatoms. The summed E-state index contributed by atoms with van der Waals surface area (Å²) in [4.78, 5) is 15.8. The molecule has 0 unspecified atom stereocenters. The Morgan fingerprint density at radius 2 is 2.33 bits per heavy atom. The van der Waals surface area contributed by atoms with Gasteiger partial charge in [-0.2, -0.15) is 0 Å². The zero-order valence-corrected chi connectivity index (χ0v) is 11.2. The number of anilines is 1. The number of hydrogen-bond donors (Lipinski definition) is 2. The minimum atomic E-state index is -0.172. The van der Waals surface area contributed by atoms with E-state index in [1.54, 1.807) is 30.7 Å². The summed E-state index contributed by atoms with van der Waals surface area (Å²) in [5.41, 5.74) is 6.71. The van der Waals surface area contributed by atoms with Gasteiger partial charge in [-0.1, -0.05) is 15.9 Å². The molecule has 1 aromatic carbocycles. The summed E-state index contributed by atoms with van der Waals surface area (Å²) in [6.45, 7) is 1.21. The summed E-state index contributed by atoms with van der Waals surface area (Å²) in [5.74, 6) is -0.172. The number of nitrogens with one attached hydrogen (secondary N) is 1. The molecule has 2 rings (SSSR count). The number of rotatable bonds is 4. The predicted octanol–water partition coefficient (Wildman–Crippen LogP) is 1.66. The molecule has 0 aliphatic rings. The summed E-state index contributed by atoms with van der Waals surface area (Å²) in [6, 6.07) is 5.22.